The molecule has 4 atom stereocenters. The molecule has 1 N–H and O–H groups in total. The number of fused-ring (bicyclic) bond motifs is 4. The van der Waals surface area contributed by atoms with Crippen LogP contribution in [0.4, 0.5) is 0 Å². The van der Waals surface area contributed by atoms with Gasteiger partial charge in [-0.15, -0.1) is 11.3 Å². The minimum Gasteiger partial charge on any atom is -0.346 e. The molecule has 0 radical (unpaired) electrons. The second-order valence-electron chi connectivity index (χ2n) is 11.2. The highest BCUT2D eigenvalue weighted by Gasteiger charge is 2.48. The number of carbonyl (C=O) groups excluding carboxylic acids is 1. The molecule has 5 heterocycles. The maximum Gasteiger partial charge on any atom is 0.158 e. The number of nitrogens with one attached hydrogen (secondary N) is 1. The number of nitrogens with zero attached hydrogens (tertiary/aromatic N) is 4. The van der Waals surface area contributed by atoms with Gasteiger partial charge in [-0.25, -0.2) is 9.50 Å². The van der Waals surface area contributed by atoms with Crippen molar-refractivity contribution in [2.75, 3.05) is 6.54 Å². The number of pyridine rings is 1. The van der Waals surface area contributed by atoms with Crippen LogP contribution < -0.4 is 0 Å². The minimum absolute atomic E-state index is 0.0501. The zero-order valence-electron chi connectivity index (χ0n) is 21.8. The maximum absolute atomic E-state index is 12.0. The highest BCUT2D eigenvalue weighted by molar-refractivity contribution is 7.19. The van der Waals surface area contributed by atoms with Gasteiger partial charge in [0.25, 0.3) is 0 Å². The van der Waals surface area contributed by atoms with Crippen LogP contribution in [0.15, 0.2) is 12.5 Å². The molecule has 6 rings (SSSR count). The van der Waals surface area contributed by atoms with Gasteiger partial charge in [-0.2, -0.15) is 5.10 Å². The van der Waals surface area contributed by atoms with E-state index in [1.54, 1.807) is 18.1 Å². The van der Waals surface area contributed by atoms with Gasteiger partial charge in [0.05, 0.1) is 11.7 Å². The van der Waals surface area contributed by atoms with Crippen molar-refractivity contribution in [1.29, 1.82) is 0 Å². The maximum atomic E-state index is 12.0. The molecule has 1 saturated carbocycles. The average molecular weight is 490 g/mol. The Hall–Kier alpha value is -2.51. The number of rotatable bonds is 5. The monoisotopic (exact) mass is 489 g/mol. The van der Waals surface area contributed by atoms with Gasteiger partial charge < -0.3 is 4.98 Å². The predicted molar refractivity (Wildman–Crippen MR) is 143 cm³/mol. The first-order chi connectivity index (χ1) is 16.7. The van der Waals surface area contributed by atoms with Crippen molar-refractivity contribution in [1.82, 2.24) is 24.5 Å². The molecule has 184 valence electrons. The first kappa shape index (κ1) is 22.9. The van der Waals surface area contributed by atoms with E-state index in [1.165, 1.54) is 56.6 Å². The van der Waals surface area contributed by atoms with Crippen LogP contribution in [0, 0.1) is 26.7 Å². The Kier molecular flexibility index (Phi) is 5.24. The van der Waals surface area contributed by atoms with Crippen LogP contribution in [0.3, 0.4) is 0 Å². The zero-order valence-corrected chi connectivity index (χ0v) is 22.6. The van der Waals surface area contributed by atoms with Crippen LogP contribution in [0.2, 0.25) is 0 Å². The molecule has 2 aliphatic rings. The van der Waals surface area contributed by atoms with E-state index < -0.39 is 0 Å². The summed E-state index contributed by atoms with van der Waals surface area (Å²) in [5, 5.41) is 5.85. The van der Waals surface area contributed by atoms with Crippen LogP contribution >= 0.6 is 11.3 Å². The summed E-state index contributed by atoms with van der Waals surface area (Å²) in [4.78, 5) is 25.6. The summed E-state index contributed by atoms with van der Waals surface area (Å²) < 4.78 is 1.90. The van der Waals surface area contributed by atoms with Gasteiger partial charge in [0.1, 0.15) is 16.9 Å². The number of Topliss-reactive ketones (excluding diaryl/α,β-unsaturated/α-hetero) is 1. The minimum atomic E-state index is 0.0501. The number of ketones is 1. The van der Waals surface area contributed by atoms with Gasteiger partial charge in [-0.3, -0.25) is 9.69 Å². The van der Waals surface area contributed by atoms with Crippen molar-refractivity contribution in [3.05, 3.63) is 39.7 Å². The number of H-pyrrole nitrogens is 1. The zero-order chi connectivity index (χ0) is 24.8. The molecule has 1 aliphatic carbocycles. The highest BCUT2D eigenvalue weighted by Crippen LogP contribution is 2.53. The molecule has 1 aliphatic heterocycles. The smallest absolute Gasteiger partial charge is 0.158 e. The number of aromatic nitrogens is 4. The fraction of sp³-hybridized carbons (Fsp3) is 0.536. The van der Waals surface area contributed by atoms with Gasteiger partial charge in [-0.05, 0) is 87.5 Å². The summed E-state index contributed by atoms with van der Waals surface area (Å²) in [6, 6.07) is 0.595. The summed E-state index contributed by atoms with van der Waals surface area (Å²) in [5.74, 6) is 1.96. The van der Waals surface area contributed by atoms with Gasteiger partial charge in [-0.1, -0.05) is 13.8 Å². The van der Waals surface area contributed by atoms with Crippen molar-refractivity contribution in [2.24, 2.45) is 5.92 Å². The normalized spacial score (nSPS) is 23.4. The number of likely N-dealkylation sites (tertiary alicyclic amines) is 1. The number of piperidine rings is 1. The molecule has 1 saturated heterocycles. The van der Waals surface area contributed by atoms with Crippen LogP contribution in [0.5, 0.6) is 0 Å². The Labute approximate surface area is 210 Å². The Morgan fingerprint density at radius 3 is 2.57 bits per heavy atom. The number of thiophene rings is 1. The largest absolute Gasteiger partial charge is 0.346 e. The van der Waals surface area contributed by atoms with E-state index in [-0.39, 0.29) is 6.04 Å². The topological polar surface area (TPSA) is 66.3 Å². The third-order valence-electron chi connectivity index (χ3n) is 8.94. The molecule has 0 amide bonds. The molecule has 4 aromatic heterocycles. The quantitative estimate of drug-likeness (QED) is 0.365. The SMILES string of the molecule is CC(=O)[C@H](C)N1C[C@@H]2CC1C[C@H]2c1sc2[nH]c(-c3cn4ncnc4c(C)c3C)c(C(C)C)c2c1C. The van der Waals surface area contributed by atoms with E-state index in [2.05, 4.69) is 67.7 Å². The van der Waals surface area contributed by atoms with E-state index >= 15 is 0 Å². The van der Waals surface area contributed by atoms with Crippen LogP contribution in [-0.2, 0) is 4.79 Å². The molecular weight excluding hydrogens is 454 g/mol. The summed E-state index contributed by atoms with van der Waals surface area (Å²) in [6.45, 7) is 16.1. The fourth-order valence-corrected chi connectivity index (χ4v) is 8.30. The molecule has 1 unspecified atom stereocenters. The fourth-order valence-electron chi connectivity index (χ4n) is 6.86. The van der Waals surface area contributed by atoms with Crippen LogP contribution in [0.1, 0.15) is 79.5 Å². The van der Waals surface area contributed by atoms with Crippen molar-refractivity contribution >= 4 is 33.0 Å². The summed E-state index contributed by atoms with van der Waals surface area (Å²) in [7, 11) is 0. The van der Waals surface area contributed by atoms with Crippen molar-refractivity contribution < 1.29 is 4.79 Å². The lowest BCUT2D eigenvalue weighted by atomic mass is 9.88. The van der Waals surface area contributed by atoms with Crippen LogP contribution in [-0.4, -0.2) is 48.9 Å². The summed E-state index contributed by atoms with van der Waals surface area (Å²) in [5.41, 5.74) is 8.66. The number of aryl methyl sites for hydroxylation is 2. The molecule has 6 nitrogen and oxygen atoms in total. The Bertz CT molecular complexity index is 1470. The molecule has 0 spiro atoms. The first-order valence-electron chi connectivity index (χ1n) is 12.9. The van der Waals surface area contributed by atoms with E-state index in [0.717, 1.165) is 12.2 Å². The molecular formula is C28H35N5OS. The van der Waals surface area contributed by atoms with E-state index in [4.69, 9.17) is 0 Å². The lowest BCUT2D eigenvalue weighted by molar-refractivity contribution is -0.122. The van der Waals surface area contributed by atoms with Gasteiger partial charge in [0, 0.05) is 34.6 Å². The first-order valence-corrected chi connectivity index (χ1v) is 13.7. The molecule has 4 aromatic rings. The highest BCUT2D eigenvalue weighted by atomic mass is 32.1. The summed E-state index contributed by atoms with van der Waals surface area (Å²) >= 11 is 1.96. The van der Waals surface area contributed by atoms with E-state index in [9.17, 15) is 4.79 Å². The molecule has 2 fully saturated rings. The molecule has 7 heteroatoms. The van der Waals surface area contributed by atoms with E-state index in [0.29, 0.717) is 29.6 Å². The number of hydrogen-bond acceptors (Lipinski definition) is 5. The second-order valence-corrected chi connectivity index (χ2v) is 12.2. The Balaban J connectivity index is 1.42. The molecule has 35 heavy (non-hydrogen) atoms. The molecule has 2 bridgehead atoms. The molecule has 0 aromatic carbocycles. The number of carbonyl (C=O) groups is 1. The third kappa shape index (κ3) is 3.27. The predicted octanol–water partition coefficient (Wildman–Crippen LogP) is 6.14. The van der Waals surface area contributed by atoms with Gasteiger partial charge >= 0.3 is 0 Å². The Morgan fingerprint density at radius 2 is 1.91 bits per heavy atom. The van der Waals surface area contributed by atoms with Crippen molar-refractivity contribution in [3.63, 3.8) is 0 Å². The standard InChI is InChI=1S/C28H35N5OS/c1-13(2)23-24-16(5)26(21-9-20-8-19(21)10-32(20)17(6)18(7)34)35-28(24)31-25(23)22-11-33-27(29-12-30-33)15(4)14(22)3/h11-13,17,19-21,31H,8-10H2,1-7H3/t17-,19-,20?,21+/m0/s1. The van der Waals surface area contributed by atoms with Crippen molar-refractivity contribution in [3.8, 4) is 11.3 Å². The lowest BCUT2D eigenvalue weighted by Gasteiger charge is -2.34. The van der Waals surface area contributed by atoms with Crippen LogP contribution in [0.25, 0.3) is 27.1 Å². The van der Waals surface area contributed by atoms with Gasteiger partial charge in [0.2, 0.25) is 0 Å². The average Bonchev–Trinajstić information content (AvgIpc) is 3.61. The third-order valence-corrected chi connectivity index (χ3v) is 10.3. The number of aromatic amines is 1. The number of hydrogen-bond donors (Lipinski definition) is 1. The van der Waals surface area contributed by atoms with E-state index in [1.807, 2.05) is 15.9 Å². The lowest BCUT2D eigenvalue weighted by Crippen LogP contribution is -2.44. The second kappa shape index (κ2) is 8.00. The summed E-state index contributed by atoms with van der Waals surface area (Å²) in [6.07, 6.45) is 6.17. The Morgan fingerprint density at radius 1 is 1.14 bits per heavy atom. The van der Waals surface area contributed by atoms with Crippen molar-refractivity contribution in [2.45, 2.75) is 85.2 Å². The van der Waals surface area contributed by atoms with Gasteiger partial charge in [0.15, 0.2) is 5.65 Å².